The maximum Gasteiger partial charge on any atom is 0.322 e. The van der Waals surface area contributed by atoms with Gasteiger partial charge in [-0.2, -0.15) is 0 Å². The summed E-state index contributed by atoms with van der Waals surface area (Å²) in [6, 6.07) is 3.31. The highest BCUT2D eigenvalue weighted by atomic mass is 32.1. The molecule has 3 heterocycles. The van der Waals surface area contributed by atoms with Crippen LogP contribution in [0.15, 0.2) is 12.1 Å². The molecule has 1 aromatic rings. The van der Waals surface area contributed by atoms with E-state index >= 15 is 0 Å². The molecule has 0 radical (unpaired) electrons. The number of hydrogen-bond acceptors (Lipinski definition) is 4. The summed E-state index contributed by atoms with van der Waals surface area (Å²) in [5.41, 5.74) is -0.820. The number of nitrogens with one attached hydrogen (secondary N) is 2. The molecule has 2 fully saturated rings. The van der Waals surface area contributed by atoms with Crippen molar-refractivity contribution in [3.8, 4) is 0 Å². The topological polar surface area (TPSA) is 78.5 Å². The summed E-state index contributed by atoms with van der Waals surface area (Å²) >= 11 is 1.47. The number of aryl methyl sites for hydroxylation is 1. The first-order valence-corrected chi connectivity index (χ1v) is 7.31. The van der Waals surface area contributed by atoms with Crippen molar-refractivity contribution in [3.63, 3.8) is 0 Å². The number of rotatable bonds is 1. The maximum atomic E-state index is 12.3. The molecule has 3 rings (SSSR count). The first-order chi connectivity index (χ1) is 9.50. The molecule has 0 saturated carbocycles. The van der Waals surface area contributed by atoms with Crippen LogP contribution in [0.25, 0.3) is 0 Å². The Labute approximate surface area is 120 Å². The highest BCUT2D eigenvalue weighted by Gasteiger charge is 2.48. The second kappa shape index (κ2) is 4.59. The fourth-order valence-corrected chi connectivity index (χ4v) is 3.51. The molecular formula is C13H15N3O3S. The number of nitrogens with zero attached hydrogens (tertiary/aromatic N) is 1. The Morgan fingerprint density at radius 1 is 1.30 bits per heavy atom. The van der Waals surface area contributed by atoms with Gasteiger partial charge in [-0.15, -0.1) is 11.3 Å². The first kappa shape index (κ1) is 13.1. The third-order valence-corrected chi connectivity index (χ3v) is 4.86. The summed E-state index contributed by atoms with van der Waals surface area (Å²) < 4.78 is 0. The predicted molar refractivity (Wildman–Crippen MR) is 73.6 cm³/mol. The van der Waals surface area contributed by atoms with Gasteiger partial charge in [0.05, 0.1) is 4.88 Å². The Bertz CT molecular complexity index is 587. The standard InChI is InChI=1S/C13H15N3O3S/c1-8-2-3-9(20-8)10(17)16-6-4-13(5-7-16)11(18)14-12(19)15-13/h2-3H,4-7H2,1H3,(H2,14,15,18,19). The number of hydrogen-bond donors (Lipinski definition) is 2. The number of amides is 4. The van der Waals surface area contributed by atoms with Gasteiger partial charge in [-0.25, -0.2) is 4.79 Å². The molecule has 2 aliphatic heterocycles. The van der Waals surface area contributed by atoms with Gasteiger partial charge in [0.1, 0.15) is 5.54 Å². The number of thiophene rings is 1. The SMILES string of the molecule is Cc1ccc(C(=O)N2CCC3(CC2)NC(=O)NC3=O)s1. The van der Waals surface area contributed by atoms with Crippen LogP contribution in [0, 0.1) is 6.92 Å². The molecule has 6 nitrogen and oxygen atoms in total. The molecule has 2 aliphatic rings. The molecule has 0 atom stereocenters. The van der Waals surface area contributed by atoms with Crippen molar-refractivity contribution in [1.82, 2.24) is 15.5 Å². The van der Waals surface area contributed by atoms with Crippen LogP contribution < -0.4 is 10.6 Å². The zero-order chi connectivity index (χ0) is 14.3. The zero-order valence-corrected chi connectivity index (χ0v) is 11.9. The third kappa shape index (κ3) is 2.07. The van der Waals surface area contributed by atoms with E-state index in [0.29, 0.717) is 25.9 Å². The van der Waals surface area contributed by atoms with E-state index < -0.39 is 11.6 Å². The zero-order valence-electron chi connectivity index (χ0n) is 11.1. The molecule has 0 unspecified atom stereocenters. The van der Waals surface area contributed by atoms with Gasteiger partial charge in [0.25, 0.3) is 11.8 Å². The summed E-state index contributed by atoms with van der Waals surface area (Å²) in [4.78, 5) is 38.9. The van der Waals surface area contributed by atoms with Crippen molar-refractivity contribution < 1.29 is 14.4 Å². The number of carbonyl (C=O) groups is 3. The molecule has 2 N–H and O–H groups in total. The second-order valence-corrected chi connectivity index (χ2v) is 6.48. The smallest absolute Gasteiger partial charge is 0.322 e. The highest BCUT2D eigenvalue weighted by Crippen LogP contribution is 2.27. The average molecular weight is 293 g/mol. The van der Waals surface area contributed by atoms with E-state index in [1.54, 1.807) is 4.90 Å². The lowest BCUT2D eigenvalue weighted by Gasteiger charge is -2.36. The van der Waals surface area contributed by atoms with Gasteiger partial charge in [0.2, 0.25) is 0 Å². The second-order valence-electron chi connectivity index (χ2n) is 5.19. The lowest BCUT2D eigenvalue weighted by Crippen LogP contribution is -2.55. The Hall–Kier alpha value is -1.89. The summed E-state index contributed by atoms with van der Waals surface area (Å²) in [6.07, 6.45) is 0.918. The van der Waals surface area contributed by atoms with Crippen LogP contribution in [0.4, 0.5) is 4.79 Å². The summed E-state index contributed by atoms with van der Waals surface area (Å²) in [6.45, 7) is 2.91. The maximum absolute atomic E-state index is 12.3. The molecule has 2 saturated heterocycles. The quantitative estimate of drug-likeness (QED) is 0.754. The average Bonchev–Trinajstić information content (AvgIpc) is 2.95. The summed E-state index contributed by atoms with van der Waals surface area (Å²) in [7, 11) is 0. The van der Waals surface area contributed by atoms with Crippen LogP contribution >= 0.6 is 11.3 Å². The van der Waals surface area contributed by atoms with Crippen molar-refractivity contribution in [2.24, 2.45) is 0 Å². The summed E-state index contributed by atoms with van der Waals surface area (Å²) in [5, 5.41) is 4.95. The van der Waals surface area contributed by atoms with Crippen LogP contribution in [0.3, 0.4) is 0 Å². The number of imide groups is 1. The largest absolute Gasteiger partial charge is 0.338 e. The predicted octanol–water partition coefficient (Wildman–Crippen LogP) is 0.871. The lowest BCUT2D eigenvalue weighted by molar-refractivity contribution is -0.125. The monoisotopic (exact) mass is 293 g/mol. The molecule has 0 bridgehead atoms. The van der Waals surface area contributed by atoms with E-state index in [1.807, 2.05) is 19.1 Å². The Balaban J connectivity index is 1.68. The van der Waals surface area contributed by atoms with E-state index in [2.05, 4.69) is 10.6 Å². The molecule has 20 heavy (non-hydrogen) atoms. The van der Waals surface area contributed by atoms with Crippen molar-refractivity contribution in [2.75, 3.05) is 13.1 Å². The minimum atomic E-state index is -0.820. The highest BCUT2D eigenvalue weighted by molar-refractivity contribution is 7.13. The van der Waals surface area contributed by atoms with Crippen molar-refractivity contribution in [1.29, 1.82) is 0 Å². The van der Waals surface area contributed by atoms with Gasteiger partial charge in [-0.05, 0) is 31.9 Å². The van der Waals surface area contributed by atoms with Crippen molar-refractivity contribution in [3.05, 3.63) is 21.9 Å². The van der Waals surface area contributed by atoms with Crippen LogP contribution in [0.1, 0.15) is 27.4 Å². The summed E-state index contributed by atoms with van der Waals surface area (Å²) in [5.74, 6) is -0.274. The minimum absolute atomic E-state index is 0.00248. The van der Waals surface area contributed by atoms with Gasteiger partial charge in [-0.1, -0.05) is 0 Å². The lowest BCUT2D eigenvalue weighted by atomic mass is 9.87. The number of carbonyl (C=O) groups excluding carboxylic acids is 3. The fourth-order valence-electron chi connectivity index (χ4n) is 2.68. The molecule has 4 amide bonds. The Morgan fingerprint density at radius 3 is 2.50 bits per heavy atom. The molecule has 0 aromatic carbocycles. The molecular weight excluding hydrogens is 278 g/mol. The van der Waals surface area contributed by atoms with Gasteiger partial charge in [0, 0.05) is 18.0 Å². The van der Waals surface area contributed by atoms with E-state index in [1.165, 1.54) is 11.3 Å². The molecule has 106 valence electrons. The van der Waals surface area contributed by atoms with Crippen LogP contribution in [-0.2, 0) is 4.79 Å². The van der Waals surface area contributed by atoms with Gasteiger partial charge in [-0.3, -0.25) is 14.9 Å². The minimum Gasteiger partial charge on any atom is -0.338 e. The van der Waals surface area contributed by atoms with Crippen LogP contribution in [0.5, 0.6) is 0 Å². The number of likely N-dealkylation sites (tertiary alicyclic amines) is 1. The third-order valence-electron chi connectivity index (χ3n) is 3.87. The van der Waals surface area contributed by atoms with Crippen LogP contribution in [0.2, 0.25) is 0 Å². The van der Waals surface area contributed by atoms with E-state index in [0.717, 1.165) is 9.75 Å². The fraction of sp³-hybridized carbons (Fsp3) is 0.462. The van der Waals surface area contributed by atoms with Gasteiger partial charge >= 0.3 is 6.03 Å². The van der Waals surface area contributed by atoms with Crippen molar-refractivity contribution in [2.45, 2.75) is 25.3 Å². The Kier molecular flexibility index (Phi) is 3.01. The first-order valence-electron chi connectivity index (χ1n) is 6.49. The van der Waals surface area contributed by atoms with Gasteiger partial charge < -0.3 is 10.2 Å². The van der Waals surface area contributed by atoms with E-state index in [-0.39, 0.29) is 11.8 Å². The normalized spacial score (nSPS) is 20.9. The van der Waals surface area contributed by atoms with E-state index in [4.69, 9.17) is 0 Å². The van der Waals surface area contributed by atoms with E-state index in [9.17, 15) is 14.4 Å². The molecule has 0 aliphatic carbocycles. The molecule has 1 aromatic heterocycles. The Morgan fingerprint density at radius 2 is 2.00 bits per heavy atom. The van der Waals surface area contributed by atoms with Crippen LogP contribution in [-0.4, -0.2) is 41.4 Å². The van der Waals surface area contributed by atoms with Crippen molar-refractivity contribution >= 4 is 29.2 Å². The van der Waals surface area contributed by atoms with Gasteiger partial charge in [0.15, 0.2) is 0 Å². The molecule has 7 heteroatoms. The number of urea groups is 1. The number of piperidine rings is 1. The molecule has 1 spiro atoms.